The number of carboxylic acid groups (broad SMARTS) is 6. The van der Waals surface area contributed by atoms with Gasteiger partial charge in [0.25, 0.3) is 0 Å². The van der Waals surface area contributed by atoms with Crippen molar-refractivity contribution in [3.05, 3.63) is 0 Å². The zero-order valence-corrected chi connectivity index (χ0v) is 34.1. The number of carboxylic acids is 6. The topological polar surface area (TPSA) is 359 Å². The van der Waals surface area contributed by atoms with E-state index < -0.39 is 60.4 Å². The van der Waals surface area contributed by atoms with Crippen LogP contribution in [0.4, 0.5) is 4.79 Å². The van der Waals surface area contributed by atoms with Gasteiger partial charge >= 0.3 is 41.8 Å². The van der Waals surface area contributed by atoms with E-state index >= 15 is 0 Å². The normalized spacial score (nSPS) is 16.1. The van der Waals surface area contributed by atoms with E-state index in [9.17, 15) is 63.6 Å². The molecule has 23 nitrogen and oxygen atoms in total. The number of aliphatic carboxylic acids is 6. The molecule has 0 aromatic carbocycles. The van der Waals surface area contributed by atoms with Crippen LogP contribution in [-0.4, -0.2) is 190 Å². The first-order valence-corrected chi connectivity index (χ1v) is 20.2. The number of rotatable bonds is 34. The number of nitrogens with two attached hydrogens (primary N) is 1. The van der Waals surface area contributed by atoms with Gasteiger partial charge in [-0.05, 0) is 76.7 Å². The molecule has 1 aliphatic carbocycles. The van der Waals surface area contributed by atoms with Crippen molar-refractivity contribution < 1.29 is 73.8 Å². The molecule has 0 radical (unpaired) electrons. The molecule has 0 bridgehead atoms. The smallest absolute Gasteiger partial charge is 0.326 e. The summed E-state index contributed by atoms with van der Waals surface area (Å²) in [6.45, 7) is 2.24. The largest absolute Gasteiger partial charge is 0.481 e. The first kappa shape index (κ1) is 52.9. The van der Waals surface area contributed by atoms with E-state index in [1.807, 2.05) is 4.90 Å². The molecule has 0 aliphatic heterocycles. The predicted octanol–water partition coefficient (Wildman–Crippen LogP) is -1.45. The van der Waals surface area contributed by atoms with Crippen molar-refractivity contribution in [2.24, 2.45) is 17.6 Å². The van der Waals surface area contributed by atoms with Crippen molar-refractivity contribution in [1.82, 2.24) is 36.0 Å². The highest BCUT2D eigenvalue weighted by Gasteiger charge is 2.28. The lowest BCUT2D eigenvalue weighted by Gasteiger charge is -2.29. The van der Waals surface area contributed by atoms with Crippen LogP contribution in [0.3, 0.4) is 0 Å². The summed E-state index contributed by atoms with van der Waals surface area (Å²) in [5.41, 5.74) is 5.78. The van der Waals surface area contributed by atoms with Crippen molar-refractivity contribution in [2.45, 2.75) is 89.1 Å². The Hall–Kier alpha value is -5.13. The van der Waals surface area contributed by atoms with Crippen LogP contribution in [-0.2, 0) is 38.4 Å². The molecule has 4 amide bonds. The fraction of sp³-hybridized carbons (Fsp3) is 0.757. The lowest BCUT2D eigenvalue weighted by Crippen LogP contribution is -2.51. The van der Waals surface area contributed by atoms with Gasteiger partial charge in [0, 0.05) is 71.1 Å². The van der Waals surface area contributed by atoms with Crippen LogP contribution in [0.25, 0.3) is 0 Å². The highest BCUT2D eigenvalue weighted by molar-refractivity contribution is 5.86. The van der Waals surface area contributed by atoms with Gasteiger partial charge in [0.2, 0.25) is 11.8 Å². The summed E-state index contributed by atoms with van der Waals surface area (Å²) in [6.07, 6.45) is 3.33. The number of carbonyl (C=O) groups is 9. The van der Waals surface area contributed by atoms with E-state index in [4.69, 9.17) is 15.9 Å². The first-order valence-electron chi connectivity index (χ1n) is 20.2. The number of hydrogen-bond acceptors (Lipinski definition) is 13. The molecule has 1 rings (SSSR count). The minimum Gasteiger partial charge on any atom is -0.481 e. The Kier molecular flexibility index (Phi) is 26.4. The Labute approximate surface area is 348 Å². The van der Waals surface area contributed by atoms with Crippen molar-refractivity contribution in [3.63, 3.8) is 0 Å². The number of nitrogens with zero attached hydrogens (tertiary/aromatic N) is 3. The quantitative estimate of drug-likeness (QED) is 0.0330. The average molecular weight is 861 g/mol. The Balaban J connectivity index is 2.46. The van der Waals surface area contributed by atoms with Crippen LogP contribution in [0, 0.1) is 11.8 Å². The van der Waals surface area contributed by atoms with Gasteiger partial charge in [0.05, 0.1) is 19.6 Å². The van der Waals surface area contributed by atoms with Gasteiger partial charge in [0.15, 0.2) is 0 Å². The van der Waals surface area contributed by atoms with Gasteiger partial charge in [-0.2, -0.15) is 0 Å². The van der Waals surface area contributed by atoms with Gasteiger partial charge < -0.3 is 57.6 Å². The fourth-order valence-electron chi connectivity index (χ4n) is 6.67. The highest BCUT2D eigenvalue weighted by Crippen LogP contribution is 2.28. The number of amides is 4. The minimum absolute atomic E-state index is 0.00439. The van der Waals surface area contributed by atoms with E-state index in [0.717, 1.165) is 0 Å². The van der Waals surface area contributed by atoms with Crippen molar-refractivity contribution in [1.29, 1.82) is 0 Å². The van der Waals surface area contributed by atoms with E-state index in [0.29, 0.717) is 77.5 Å². The molecule has 2 unspecified atom stereocenters. The zero-order chi connectivity index (χ0) is 45.0. The highest BCUT2D eigenvalue weighted by atomic mass is 16.4. The maximum absolute atomic E-state index is 12.9. The molecule has 0 spiro atoms. The summed E-state index contributed by atoms with van der Waals surface area (Å²) in [5.74, 6) is -7.53. The van der Waals surface area contributed by atoms with E-state index in [2.05, 4.69) is 21.3 Å². The van der Waals surface area contributed by atoms with Crippen molar-refractivity contribution in [2.75, 3.05) is 78.5 Å². The Morgan fingerprint density at radius 1 is 0.550 bits per heavy atom. The van der Waals surface area contributed by atoms with E-state index in [1.54, 1.807) is 9.80 Å². The summed E-state index contributed by atoms with van der Waals surface area (Å²) >= 11 is 0. The summed E-state index contributed by atoms with van der Waals surface area (Å²) in [5, 5.41) is 65.1. The molecule has 23 heteroatoms. The van der Waals surface area contributed by atoms with Crippen LogP contribution in [0.2, 0.25) is 0 Å². The molecule has 1 saturated carbocycles. The standard InChI is InChI=1S/C37H64N8O15/c38-13-16-44(18-20-45(24-33(53)54)19-17-43(23-32(51)52)15-4-2-6-30(47)48)22-29(46)40-21-25-7-9-26(10-8-25)34(55)39-14-3-1-5-27(35(56)57)41-37(60)42-28(36(58)59)11-12-31(49)50/h25-28H,1-24,38H2,(H,39,55)(H,40,46)(H,47,48)(H,49,50)(H,51,52)(H,53,54)(H,56,57)(H,58,59)(H2,41,42,60). The lowest BCUT2D eigenvalue weighted by atomic mass is 9.81. The van der Waals surface area contributed by atoms with Crippen LogP contribution < -0.4 is 27.0 Å². The number of hydrogen-bond donors (Lipinski definition) is 11. The monoisotopic (exact) mass is 860 g/mol. The van der Waals surface area contributed by atoms with Crippen LogP contribution in [0.5, 0.6) is 0 Å². The van der Waals surface area contributed by atoms with Crippen LogP contribution in [0.15, 0.2) is 0 Å². The molecule has 0 heterocycles. The summed E-state index contributed by atoms with van der Waals surface area (Å²) in [6, 6.07) is -3.90. The molecule has 12 N–H and O–H groups in total. The van der Waals surface area contributed by atoms with Gasteiger partial charge in [0.1, 0.15) is 12.1 Å². The van der Waals surface area contributed by atoms with Gasteiger partial charge in [-0.3, -0.25) is 43.5 Å². The predicted molar refractivity (Wildman–Crippen MR) is 212 cm³/mol. The summed E-state index contributed by atoms with van der Waals surface area (Å²) in [4.78, 5) is 110. The second-order valence-electron chi connectivity index (χ2n) is 14.9. The zero-order valence-electron chi connectivity index (χ0n) is 34.1. The number of unbranched alkanes of at least 4 members (excludes halogenated alkanes) is 2. The second kappa shape index (κ2) is 30.0. The second-order valence-corrected chi connectivity index (χ2v) is 14.9. The molecule has 2 atom stereocenters. The molecule has 60 heavy (non-hydrogen) atoms. The Morgan fingerprint density at radius 3 is 1.57 bits per heavy atom. The SMILES string of the molecule is NCCN(CCN(CCN(CCCCC(=O)O)CC(=O)O)CC(=O)O)CC(=O)NCC1CCC(C(=O)NCCCCC(NC(=O)NC(CCC(=O)O)C(=O)O)C(=O)O)CC1. The maximum atomic E-state index is 12.9. The van der Waals surface area contributed by atoms with Crippen LogP contribution in [0.1, 0.15) is 77.0 Å². The summed E-state index contributed by atoms with van der Waals surface area (Å²) < 4.78 is 0. The molecule has 0 saturated heterocycles. The molecule has 1 fully saturated rings. The molecule has 0 aromatic rings. The molecule has 342 valence electrons. The van der Waals surface area contributed by atoms with Crippen LogP contribution >= 0.6 is 0 Å². The van der Waals surface area contributed by atoms with Gasteiger partial charge in [-0.1, -0.05) is 0 Å². The lowest BCUT2D eigenvalue weighted by molar-refractivity contribution is -0.141. The summed E-state index contributed by atoms with van der Waals surface area (Å²) in [7, 11) is 0. The van der Waals surface area contributed by atoms with E-state index in [-0.39, 0.29) is 95.3 Å². The average Bonchev–Trinajstić information content (AvgIpc) is 3.16. The molecule has 1 aliphatic rings. The first-order chi connectivity index (χ1) is 28.4. The number of carbonyl (C=O) groups excluding carboxylic acids is 3. The third-order valence-corrected chi connectivity index (χ3v) is 9.99. The Morgan fingerprint density at radius 2 is 1.07 bits per heavy atom. The molecule has 0 aromatic heterocycles. The molecular weight excluding hydrogens is 796 g/mol. The Bertz CT molecular complexity index is 1410. The number of nitrogens with one attached hydrogen (secondary N) is 4. The third-order valence-electron chi connectivity index (χ3n) is 9.99. The van der Waals surface area contributed by atoms with Gasteiger partial charge in [-0.15, -0.1) is 0 Å². The third kappa shape index (κ3) is 25.4. The minimum atomic E-state index is -1.51. The van der Waals surface area contributed by atoms with Gasteiger partial charge in [-0.25, -0.2) is 14.4 Å². The van der Waals surface area contributed by atoms with Crippen molar-refractivity contribution in [3.8, 4) is 0 Å². The maximum Gasteiger partial charge on any atom is 0.326 e. The van der Waals surface area contributed by atoms with E-state index in [1.165, 1.54) is 0 Å². The number of urea groups is 1. The fourth-order valence-corrected chi connectivity index (χ4v) is 6.67. The molecular formula is C37H64N8O15. The van der Waals surface area contributed by atoms with Crippen molar-refractivity contribution >= 4 is 53.7 Å².